The molecule has 0 spiro atoms. The molecule has 0 unspecified atom stereocenters. The molecule has 1 saturated heterocycles. The number of rotatable bonds is 7. The summed E-state index contributed by atoms with van der Waals surface area (Å²) in [5, 5.41) is 15.6. The Kier molecular flexibility index (Phi) is 8.00. The molecular weight excluding hydrogens is 375 g/mol. The number of hydrogen-bond acceptors (Lipinski definition) is 4. The van der Waals surface area contributed by atoms with Gasteiger partial charge in [-0.3, -0.25) is 9.59 Å². The van der Waals surface area contributed by atoms with Crippen LogP contribution < -0.4 is 10.6 Å². The highest BCUT2D eigenvalue weighted by Crippen LogP contribution is 2.26. The second kappa shape index (κ2) is 10.7. The molecule has 3 atom stereocenters. The van der Waals surface area contributed by atoms with Crippen LogP contribution in [-0.2, 0) is 9.53 Å². The van der Waals surface area contributed by atoms with Gasteiger partial charge >= 0.3 is 0 Å². The Balaban J connectivity index is 1.41. The van der Waals surface area contributed by atoms with Gasteiger partial charge in [0, 0.05) is 18.0 Å². The zero-order valence-corrected chi connectivity index (χ0v) is 16.7. The van der Waals surface area contributed by atoms with Crippen molar-refractivity contribution in [1.29, 1.82) is 0 Å². The van der Waals surface area contributed by atoms with Crippen molar-refractivity contribution in [3.63, 3.8) is 0 Å². The zero-order chi connectivity index (χ0) is 20.6. The number of nitrogens with one attached hydrogen (secondary N) is 2. The largest absolute Gasteiger partial charge is 0.394 e. The minimum Gasteiger partial charge on any atom is -0.394 e. The van der Waals surface area contributed by atoms with E-state index in [0.29, 0.717) is 18.5 Å². The van der Waals surface area contributed by atoms with Gasteiger partial charge in [0.05, 0.1) is 18.8 Å². The number of halogens is 1. The lowest BCUT2D eigenvalue weighted by atomic mass is 9.88. The molecule has 2 fully saturated rings. The van der Waals surface area contributed by atoms with Crippen molar-refractivity contribution in [2.75, 3.05) is 13.2 Å². The summed E-state index contributed by atoms with van der Waals surface area (Å²) in [6.07, 6.45) is 6.93. The molecule has 2 amide bonds. The standard InChI is InChI=1S/C22H31FN2O4/c23-17-8-6-16(7-9-17)21(27)24-13-12-18-10-11-19(20(14-26)29-18)25-22(28)15-4-2-1-3-5-15/h6-9,15,18-20,26H,1-5,10-14H2,(H,24,27)(H,25,28)/t18-,19+,20-/m0/s1. The summed E-state index contributed by atoms with van der Waals surface area (Å²) in [4.78, 5) is 24.6. The van der Waals surface area contributed by atoms with Crippen LogP contribution in [-0.4, -0.2) is 48.3 Å². The lowest BCUT2D eigenvalue weighted by molar-refractivity contribution is -0.132. The van der Waals surface area contributed by atoms with E-state index in [2.05, 4.69) is 10.6 Å². The van der Waals surface area contributed by atoms with Gasteiger partial charge in [-0.15, -0.1) is 0 Å². The van der Waals surface area contributed by atoms with Crippen LogP contribution in [0.4, 0.5) is 4.39 Å². The molecule has 1 aliphatic carbocycles. The van der Waals surface area contributed by atoms with Crippen LogP contribution in [0.5, 0.6) is 0 Å². The summed E-state index contributed by atoms with van der Waals surface area (Å²) < 4.78 is 18.9. The average Bonchev–Trinajstić information content (AvgIpc) is 2.75. The van der Waals surface area contributed by atoms with E-state index < -0.39 is 6.10 Å². The van der Waals surface area contributed by atoms with Gasteiger partial charge in [-0.05, 0) is 56.4 Å². The maximum Gasteiger partial charge on any atom is 0.251 e. The second-order valence-corrected chi connectivity index (χ2v) is 8.06. The molecule has 1 aromatic rings. The van der Waals surface area contributed by atoms with Crippen LogP contribution in [0.1, 0.15) is 61.7 Å². The Bertz CT molecular complexity index is 676. The smallest absolute Gasteiger partial charge is 0.251 e. The predicted octanol–water partition coefficient (Wildman–Crippen LogP) is 2.55. The molecule has 0 radical (unpaired) electrons. The molecular formula is C22H31FN2O4. The average molecular weight is 406 g/mol. The van der Waals surface area contributed by atoms with Gasteiger partial charge in [0.25, 0.3) is 5.91 Å². The Hall–Kier alpha value is -1.99. The van der Waals surface area contributed by atoms with E-state index in [1.54, 1.807) is 0 Å². The molecule has 0 aromatic heterocycles. The number of carbonyl (C=O) groups is 2. The van der Waals surface area contributed by atoms with Crippen LogP contribution in [0.25, 0.3) is 0 Å². The van der Waals surface area contributed by atoms with Crippen molar-refractivity contribution in [2.45, 2.75) is 69.6 Å². The van der Waals surface area contributed by atoms with Gasteiger partial charge in [-0.1, -0.05) is 19.3 Å². The van der Waals surface area contributed by atoms with E-state index in [0.717, 1.165) is 38.5 Å². The molecule has 3 N–H and O–H groups in total. The van der Waals surface area contributed by atoms with Crippen molar-refractivity contribution < 1.29 is 23.8 Å². The normalized spacial score (nSPS) is 25.4. The Morgan fingerprint density at radius 2 is 1.79 bits per heavy atom. The third kappa shape index (κ3) is 6.24. The molecule has 2 aliphatic rings. The van der Waals surface area contributed by atoms with Crippen LogP contribution in [0.3, 0.4) is 0 Å². The molecule has 160 valence electrons. The molecule has 1 aliphatic heterocycles. The monoisotopic (exact) mass is 406 g/mol. The summed E-state index contributed by atoms with van der Waals surface area (Å²) in [5.41, 5.74) is 0.412. The fourth-order valence-corrected chi connectivity index (χ4v) is 4.22. The number of amides is 2. The van der Waals surface area contributed by atoms with Gasteiger partial charge in [0.1, 0.15) is 11.9 Å². The van der Waals surface area contributed by atoms with E-state index in [9.17, 15) is 19.1 Å². The van der Waals surface area contributed by atoms with E-state index in [1.165, 1.54) is 30.7 Å². The number of benzene rings is 1. The molecule has 29 heavy (non-hydrogen) atoms. The molecule has 3 rings (SSSR count). The number of aliphatic hydroxyl groups is 1. The van der Waals surface area contributed by atoms with Crippen molar-refractivity contribution in [1.82, 2.24) is 10.6 Å². The van der Waals surface area contributed by atoms with Crippen LogP contribution in [0.2, 0.25) is 0 Å². The van der Waals surface area contributed by atoms with Gasteiger partial charge in [0.15, 0.2) is 0 Å². The predicted molar refractivity (Wildman–Crippen MR) is 107 cm³/mol. The minimum atomic E-state index is -0.422. The van der Waals surface area contributed by atoms with Gasteiger partial charge in [-0.25, -0.2) is 4.39 Å². The Morgan fingerprint density at radius 3 is 2.48 bits per heavy atom. The van der Waals surface area contributed by atoms with Crippen LogP contribution in [0.15, 0.2) is 24.3 Å². The fourth-order valence-electron chi connectivity index (χ4n) is 4.22. The highest BCUT2D eigenvalue weighted by molar-refractivity contribution is 5.94. The Labute approximate surface area is 171 Å². The van der Waals surface area contributed by atoms with Crippen LogP contribution >= 0.6 is 0 Å². The van der Waals surface area contributed by atoms with E-state index in [-0.39, 0.29) is 42.3 Å². The Morgan fingerprint density at radius 1 is 1.07 bits per heavy atom. The molecule has 1 saturated carbocycles. The van der Waals surface area contributed by atoms with Gasteiger partial charge in [0.2, 0.25) is 5.91 Å². The van der Waals surface area contributed by atoms with E-state index in [1.807, 2.05) is 0 Å². The first-order valence-corrected chi connectivity index (χ1v) is 10.7. The molecule has 1 heterocycles. The highest BCUT2D eigenvalue weighted by Gasteiger charge is 2.33. The first-order chi connectivity index (χ1) is 14.1. The molecule has 7 heteroatoms. The lowest BCUT2D eigenvalue weighted by Crippen LogP contribution is -2.52. The summed E-state index contributed by atoms with van der Waals surface area (Å²) in [7, 11) is 0. The maximum atomic E-state index is 12.9. The van der Waals surface area contributed by atoms with Crippen molar-refractivity contribution in [3.05, 3.63) is 35.6 Å². The van der Waals surface area contributed by atoms with Crippen molar-refractivity contribution in [3.8, 4) is 0 Å². The van der Waals surface area contributed by atoms with Crippen LogP contribution in [0, 0.1) is 11.7 Å². The van der Waals surface area contributed by atoms with Crippen molar-refractivity contribution >= 4 is 11.8 Å². The summed E-state index contributed by atoms with van der Waals surface area (Å²) in [6, 6.07) is 5.24. The van der Waals surface area contributed by atoms with Gasteiger partial charge in [-0.2, -0.15) is 0 Å². The fraction of sp³-hybridized carbons (Fsp3) is 0.636. The number of ether oxygens (including phenoxy) is 1. The molecule has 6 nitrogen and oxygen atoms in total. The SMILES string of the molecule is O=C(NCC[C@@H]1CC[C@@H](NC(=O)C2CCCCC2)[C@H](CO)O1)c1ccc(F)cc1. The van der Waals surface area contributed by atoms with E-state index >= 15 is 0 Å². The number of aliphatic hydroxyl groups excluding tert-OH is 1. The second-order valence-electron chi connectivity index (χ2n) is 8.06. The quantitative estimate of drug-likeness (QED) is 0.649. The number of hydrogen-bond donors (Lipinski definition) is 3. The third-order valence-electron chi connectivity index (χ3n) is 5.96. The highest BCUT2D eigenvalue weighted by atomic mass is 19.1. The minimum absolute atomic E-state index is 0.0801. The summed E-state index contributed by atoms with van der Waals surface area (Å²) >= 11 is 0. The number of carbonyl (C=O) groups excluding carboxylic acids is 2. The maximum absolute atomic E-state index is 12.9. The topological polar surface area (TPSA) is 87.7 Å². The first kappa shape index (κ1) is 21.7. The zero-order valence-electron chi connectivity index (χ0n) is 16.7. The summed E-state index contributed by atoms with van der Waals surface area (Å²) in [6.45, 7) is 0.284. The molecule has 0 bridgehead atoms. The molecule has 1 aromatic carbocycles. The van der Waals surface area contributed by atoms with E-state index in [4.69, 9.17) is 4.74 Å². The van der Waals surface area contributed by atoms with Gasteiger partial charge < -0.3 is 20.5 Å². The third-order valence-corrected chi connectivity index (χ3v) is 5.96. The lowest BCUT2D eigenvalue weighted by Gasteiger charge is -2.37. The first-order valence-electron chi connectivity index (χ1n) is 10.7. The van der Waals surface area contributed by atoms with Crippen molar-refractivity contribution in [2.24, 2.45) is 5.92 Å². The summed E-state index contributed by atoms with van der Waals surface area (Å²) in [5.74, 6) is -0.460.